The number of anilines is 1. The summed E-state index contributed by atoms with van der Waals surface area (Å²) in [6, 6.07) is 11.0. The van der Waals surface area contributed by atoms with E-state index in [1.54, 1.807) is 34.2 Å². The Morgan fingerprint density at radius 2 is 1.89 bits per heavy atom. The topological polar surface area (TPSA) is 76.2 Å². The zero-order valence-electron chi connectivity index (χ0n) is 16.8. The lowest BCUT2D eigenvalue weighted by molar-refractivity contribution is -0.886. The molecule has 3 rings (SSSR count). The number of nitrogens with zero attached hydrogens (tertiary/aromatic N) is 1. The number of hydrogen-bond acceptors (Lipinski definition) is 4. The summed E-state index contributed by atoms with van der Waals surface area (Å²) >= 11 is 0. The van der Waals surface area contributed by atoms with Crippen molar-refractivity contribution in [3.8, 4) is 5.75 Å². The van der Waals surface area contributed by atoms with Gasteiger partial charge in [0.05, 0.1) is 19.8 Å². The number of methoxy groups -OCH3 is 1. The van der Waals surface area contributed by atoms with E-state index in [2.05, 4.69) is 5.32 Å². The summed E-state index contributed by atoms with van der Waals surface area (Å²) in [6.07, 6.45) is 0. The number of carbonyl (C=O) groups is 2. The van der Waals surface area contributed by atoms with Crippen LogP contribution in [0.3, 0.4) is 0 Å². The Morgan fingerprint density at radius 1 is 1.18 bits per heavy atom. The number of fused-ring (bicyclic) bond motifs is 3. The van der Waals surface area contributed by atoms with Crippen LogP contribution in [-0.4, -0.2) is 57.6 Å². The van der Waals surface area contributed by atoms with E-state index >= 15 is 0 Å². The Kier molecular flexibility index (Phi) is 5.56. The van der Waals surface area contributed by atoms with Gasteiger partial charge in [-0.05, 0) is 19.1 Å². The minimum atomic E-state index is -0.417. The van der Waals surface area contributed by atoms with Crippen LogP contribution in [0, 0.1) is 0 Å². The van der Waals surface area contributed by atoms with Gasteiger partial charge in [0.15, 0.2) is 12.6 Å². The molecule has 0 radical (unpaired) electrons. The van der Waals surface area contributed by atoms with Gasteiger partial charge in [-0.25, -0.2) is 0 Å². The van der Waals surface area contributed by atoms with Crippen LogP contribution in [0.1, 0.15) is 6.92 Å². The molecule has 2 atom stereocenters. The van der Waals surface area contributed by atoms with Crippen LogP contribution in [0.15, 0.2) is 40.8 Å². The number of quaternary nitrogens is 1. The smallest absolute Gasteiger partial charge is 0.282 e. The molecule has 0 saturated heterocycles. The van der Waals surface area contributed by atoms with Gasteiger partial charge in [-0.2, -0.15) is 0 Å². The van der Waals surface area contributed by atoms with Gasteiger partial charge in [-0.1, -0.05) is 18.2 Å². The fourth-order valence-corrected chi connectivity index (χ4v) is 3.03. The molecule has 1 unspecified atom stereocenters. The first-order valence-corrected chi connectivity index (χ1v) is 9.14. The minimum absolute atomic E-state index is 0.0292. The molecule has 7 nitrogen and oxygen atoms in total. The fraction of sp³-hybridized carbons (Fsp3) is 0.333. The van der Waals surface area contributed by atoms with Crippen molar-refractivity contribution in [2.24, 2.45) is 0 Å². The molecule has 0 saturated carbocycles. The average molecular weight is 384 g/mol. The van der Waals surface area contributed by atoms with Gasteiger partial charge in [-0.3, -0.25) is 9.59 Å². The van der Waals surface area contributed by atoms with Gasteiger partial charge in [0, 0.05) is 30.9 Å². The Morgan fingerprint density at radius 3 is 2.57 bits per heavy atom. The predicted octanol–water partition coefficient (Wildman–Crippen LogP) is 1.52. The largest absolute Gasteiger partial charge is 0.495 e. The van der Waals surface area contributed by atoms with Gasteiger partial charge in [0.1, 0.15) is 16.9 Å². The van der Waals surface area contributed by atoms with E-state index in [9.17, 15) is 9.59 Å². The van der Waals surface area contributed by atoms with Crippen LogP contribution in [0.25, 0.3) is 21.9 Å². The van der Waals surface area contributed by atoms with Crippen LogP contribution in [0.4, 0.5) is 5.69 Å². The molecular formula is C21H26N3O4+. The van der Waals surface area contributed by atoms with Crippen molar-refractivity contribution in [2.45, 2.75) is 13.0 Å². The van der Waals surface area contributed by atoms with Crippen LogP contribution in [-0.2, 0) is 9.59 Å². The zero-order valence-corrected chi connectivity index (χ0v) is 16.8. The van der Waals surface area contributed by atoms with Crippen LogP contribution in [0.2, 0.25) is 0 Å². The lowest BCUT2D eigenvalue weighted by atomic mass is 10.1. The van der Waals surface area contributed by atoms with E-state index in [1.165, 1.54) is 4.90 Å². The second-order valence-electron chi connectivity index (χ2n) is 7.17. The van der Waals surface area contributed by atoms with Crippen molar-refractivity contribution in [2.75, 3.05) is 40.1 Å². The monoisotopic (exact) mass is 384 g/mol. The molecule has 0 fully saturated rings. The van der Waals surface area contributed by atoms with Crippen LogP contribution in [0.5, 0.6) is 5.75 Å². The summed E-state index contributed by atoms with van der Waals surface area (Å²) in [6.45, 7) is 2.03. The Labute approximate surface area is 163 Å². The summed E-state index contributed by atoms with van der Waals surface area (Å²) < 4.78 is 11.4. The van der Waals surface area contributed by atoms with E-state index in [-0.39, 0.29) is 18.4 Å². The highest BCUT2D eigenvalue weighted by atomic mass is 16.5. The van der Waals surface area contributed by atoms with Crippen LogP contribution >= 0.6 is 0 Å². The SMILES string of the molecule is COc1cc2c(cc1NC(=O)[C@@H](C)[NH+](C)CC(=O)N(C)C)oc1ccccc12. The molecule has 2 aromatic carbocycles. The number of hydrogen-bond donors (Lipinski definition) is 2. The molecule has 28 heavy (non-hydrogen) atoms. The van der Waals surface area contributed by atoms with Gasteiger partial charge in [0.2, 0.25) is 0 Å². The molecule has 0 aliphatic carbocycles. The van der Waals surface area contributed by atoms with E-state index in [1.807, 2.05) is 37.4 Å². The molecule has 148 valence electrons. The molecule has 3 aromatic rings. The first kappa shape index (κ1) is 19.7. The third-order valence-electron chi connectivity index (χ3n) is 5.02. The van der Waals surface area contributed by atoms with E-state index in [0.29, 0.717) is 17.0 Å². The lowest BCUT2D eigenvalue weighted by Crippen LogP contribution is -3.15. The molecule has 0 aliphatic rings. The number of rotatable bonds is 6. The normalized spacial score (nSPS) is 13.3. The maximum atomic E-state index is 12.7. The third kappa shape index (κ3) is 3.80. The number of carbonyl (C=O) groups excluding carboxylic acids is 2. The highest BCUT2D eigenvalue weighted by Crippen LogP contribution is 2.36. The van der Waals surface area contributed by atoms with Crippen molar-refractivity contribution in [3.63, 3.8) is 0 Å². The molecule has 0 bridgehead atoms. The van der Waals surface area contributed by atoms with Crippen molar-refractivity contribution in [3.05, 3.63) is 36.4 Å². The number of nitrogens with one attached hydrogen (secondary N) is 2. The number of furan rings is 1. The molecule has 0 aliphatic heterocycles. The first-order chi connectivity index (χ1) is 13.3. The van der Waals surface area contributed by atoms with Gasteiger partial charge >= 0.3 is 0 Å². The summed E-state index contributed by atoms with van der Waals surface area (Å²) in [5, 5.41) is 4.83. The predicted molar refractivity (Wildman–Crippen MR) is 109 cm³/mol. The number of para-hydroxylation sites is 1. The second-order valence-corrected chi connectivity index (χ2v) is 7.17. The number of likely N-dealkylation sites (N-methyl/N-ethyl adjacent to an activating group) is 2. The number of amides is 2. The van der Waals surface area contributed by atoms with Crippen molar-refractivity contribution in [1.29, 1.82) is 0 Å². The average Bonchev–Trinajstić information content (AvgIpc) is 3.03. The number of ether oxygens (including phenoxy) is 1. The summed E-state index contributed by atoms with van der Waals surface area (Å²) in [5.41, 5.74) is 1.99. The summed E-state index contributed by atoms with van der Waals surface area (Å²) in [5.74, 6) is 0.331. The molecule has 0 spiro atoms. The second kappa shape index (κ2) is 7.90. The molecule has 1 aromatic heterocycles. The molecule has 2 N–H and O–H groups in total. The molecule has 7 heteroatoms. The highest BCUT2D eigenvalue weighted by Gasteiger charge is 2.25. The highest BCUT2D eigenvalue weighted by molar-refractivity contribution is 6.08. The van der Waals surface area contributed by atoms with Crippen molar-refractivity contribution < 1.29 is 23.6 Å². The van der Waals surface area contributed by atoms with E-state index < -0.39 is 6.04 Å². The van der Waals surface area contributed by atoms with Gasteiger partial charge < -0.3 is 24.3 Å². The molecule has 2 amide bonds. The van der Waals surface area contributed by atoms with Crippen LogP contribution < -0.4 is 15.0 Å². The Bertz CT molecular complexity index is 1030. The lowest BCUT2D eigenvalue weighted by Gasteiger charge is -2.22. The Hall–Kier alpha value is -3.06. The maximum Gasteiger partial charge on any atom is 0.282 e. The summed E-state index contributed by atoms with van der Waals surface area (Å²) in [4.78, 5) is 27.0. The van der Waals surface area contributed by atoms with E-state index in [4.69, 9.17) is 9.15 Å². The van der Waals surface area contributed by atoms with Crippen molar-refractivity contribution >= 4 is 39.4 Å². The Balaban J connectivity index is 1.85. The first-order valence-electron chi connectivity index (χ1n) is 9.14. The zero-order chi connectivity index (χ0) is 20.4. The quantitative estimate of drug-likeness (QED) is 0.676. The maximum absolute atomic E-state index is 12.7. The minimum Gasteiger partial charge on any atom is -0.495 e. The van der Waals surface area contributed by atoms with Gasteiger partial charge in [-0.15, -0.1) is 0 Å². The third-order valence-corrected chi connectivity index (χ3v) is 5.02. The van der Waals surface area contributed by atoms with Crippen molar-refractivity contribution in [1.82, 2.24) is 4.90 Å². The van der Waals surface area contributed by atoms with E-state index in [0.717, 1.165) is 21.3 Å². The molecule has 1 heterocycles. The standard InChI is InChI=1S/C21H25N3O4/c1-13(24(4)12-20(25)23(2)3)21(26)22-16-11-18-15(10-19(16)27-5)14-8-6-7-9-17(14)28-18/h6-11,13H,12H2,1-5H3,(H,22,26)/p+1/t13-/m1/s1. The molecular weight excluding hydrogens is 358 g/mol. The van der Waals surface area contributed by atoms with Gasteiger partial charge in [0.25, 0.3) is 11.8 Å². The fourth-order valence-electron chi connectivity index (χ4n) is 3.03. The number of benzene rings is 2. The summed E-state index contributed by atoms with van der Waals surface area (Å²) in [7, 11) is 6.79.